The van der Waals surface area contributed by atoms with Crippen molar-refractivity contribution in [2.45, 2.75) is 231 Å². The van der Waals surface area contributed by atoms with E-state index < -0.39 is 119 Å². The van der Waals surface area contributed by atoms with Gasteiger partial charge in [0.15, 0.2) is 0 Å². The van der Waals surface area contributed by atoms with E-state index in [1.807, 2.05) is 41.5 Å². The summed E-state index contributed by atoms with van der Waals surface area (Å²) in [5.41, 5.74) is 6.37. The van der Waals surface area contributed by atoms with Crippen LogP contribution < -0.4 is 32.3 Å². The summed E-state index contributed by atoms with van der Waals surface area (Å²) < 4.78 is 55.4. The Labute approximate surface area is 604 Å². The number of amides is 12. The number of unbranched alkanes of at least 4 members (excludes halogenated alkanes) is 12. The van der Waals surface area contributed by atoms with Gasteiger partial charge in [0, 0.05) is 63.0 Å². The summed E-state index contributed by atoms with van der Waals surface area (Å²) in [7, 11) is 0. The van der Waals surface area contributed by atoms with Gasteiger partial charge >= 0.3 is 24.1 Å². The molecule has 28 nitrogen and oxygen atoms in total. The highest BCUT2D eigenvalue weighted by molar-refractivity contribution is 6.27. The van der Waals surface area contributed by atoms with Gasteiger partial charge in [-0.3, -0.25) is 107 Å². The van der Waals surface area contributed by atoms with Crippen molar-refractivity contribution < 1.29 is 109 Å². The van der Waals surface area contributed by atoms with Crippen molar-refractivity contribution in [2.75, 3.05) is 30.3 Å². The summed E-state index contributed by atoms with van der Waals surface area (Å²) in [6.07, 6.45) is 10.2. The molecule has 6 aliphatic rings. The summed E-state index contributed by atoms with van der Waals surface area (Å²) in [6, 6.07) is 10.7. The molecule has 0 aliphatic carbocycles. The molecule has 3 fully saturated rings. The second-order valence-electron chi connectivity index (χ2n) is 27.4. The van der Waals surface area contributed by atoms with Crippen molar-refractivity contribution in [2.24, 2.45) is 5.73 Å². The molecule has 0 radical (unpaired) electrons. The van der Waals surface area contributed by atoms with Crippen LogP contribution in [-0.4, -0.2) is 170 Å². The smallest absolute Gasteiger partial charge is 0.446 e. The Morgan fingerprint density at radius 2 is 0.781 bits per heavy atom. The molecule has 6 aliphatic heterocycles. The fourth-order valence-corrected chi connectivity index (χ4v) is 11.8. The third kappa shape index (κ3) is 26.2. The van der Waals surface area contributed by atoms with E-state index in [4.69, 9.17) is 25.1 Å². The first-order valence-corrected chi connectivity index (χ1v) is 35.1. The van der Waals surface area contributed by atoms with Crippen molar-refractivity contribution in [3.63, 3.8) is 0 Å². The topological polar surface area (TPSA) is 408 Å². The Morgan fingerprint density at radius 1 is 0.476 bits per heavy atom. The Kier molecular flexibility index (Phi) is 32.8. The van der Waals surface area contributed by atoms with Crippen LogP contribution in [0.5, 0.6) is 0 Å². The number of carbonyl (C=O) groups is 16. The van der Waals surface area contributed by atoms with Crippen molar-refractivity contribution >= 4 is 106 Å². The van der Waals surface area contributed by atoms with E-state index in [1.165, 1.54) is 25.0 Å². The molecule has 32 heteroatoms. The number of aldehydes is 1. The number of carbonyl (C=O) groups excluding carboxylic acids is 15. The Bertz CT molecular complexity index is 3740. The van der Waals surface area contributed by atoms with Gasteiger partial charge in [0.2, 0.25) is 41.7 Å². The fraction of sp³-hybridized carbons (Fsp3) is 0.534. The van der Waals surface area contributed by atoms with E-state index in [2.05, 4.69) is 26.6 Å². The Morgan fingerprint density at radius 3 is 1.10 bits per heavy atom. The molecule has 3 unspecified atom stereocenters. The third-order valence-electron chi connectivity index (χ3n) is 16.7. The zero-order valence-corrected chi connectivity index (χ0v) is 59.8. The van der Waals surface area contributed by atoms with Crippen LogP contribution >= 0.6 is 0 Å². The number of nitrogens with two attached hydrogens (primary N) is 1. The normalized spacial score (nSPS) is 17.6. The van der Waals surface area contributed by atoms with Gasteiger partial charge in [-0.25, -0.2) is 4.39 Å². The lowest BCUT2D eigenvalue weighted by Gasteiger charge is -2.27. The number of aliphatic carboxylic acids is 1. The van der Waals surface area contributed by atoms with Crippen molar-refractivity contribution in [1.82, 2.24) is 30.7 Å². The number of carboxylic acids is 1. The maximum Gasteiger partial charge on any atom is 0.446 e. The first-order valence-electron chi connectivity index (χ1n) is 35.1. The lowest BCUT2D eigenvalue weighted by molar-refractivity contribution is -0.156. The van der Waals surface area contributed by atoms with Crippen LogP contribution in [0.4, 0.5) is 28.9 Å². The molecular weight excluding hydrogens is 1380 g/mol. The summed E-state index contributed by atoms with van der Waals surface area (Å²) in [6.45, 7) is 13.3. The standard InChI is InChI=1S/C25H33N3O6.C21H25N3O6.C13H9FN2O4.C12H25NO2.C2HF3O/c1-25(2,3)34-20(30)12-7-5-4-6-8-15-26-17-11-9-10-16-21(17)24(33)28(23(16)32)18-13-14-19(29)27-22(18)31;25-16-11-10-15(19(28)23-16)24-20(29)13-7-6-8-14(18(13)21(24)30)22-12-5-3-1-2-4-9-17(26)27;14-7-3-1-2-6-10(7)13(20)16(12(6)19)8-4-5-9(17)15-11(8)18;1-12(2,3)15-11(14)9-7-5-4-6-8-10-13;3-2(4,5)1-6/h9-11,18,26H,4-8,12-15H2,1-3H3,(H,27,29,31);6-8,15,22H,1-5,9-12H2,(H,26,27)(H,23,25,28);1-3,8H,4-5H2,(H,15,17,18);4-10,13H2,1-3H3;1H. The number of ether oxygens (including phenoxy) is 2. The number of hydrogen-bond donors (Lipinski definition) is 7. The molecule has 0 aromatic heterocycles. The highest BCUT2D eigenvalue weighted by atomic mass is 19.4. The minimum atomic E-state index is -4.64. The first-order chi connectivity index (χ1) is 49.5. The van der Waals surface area contributed by atoms with Crippen LogP contribution in [0.15, 0.2) is 54.6 Å². The number of nitrogens with zero attached hydrogens (tertiary/aromatic N) is 3. The van der Waals surface area contributed by atoms with E-state index in [0.717, 1.165) is 104 Å². The molecule has 8 N–H and O–H groups in total. The number of halogens is 4. The van der Waals surface area contributed by atoms with Gasteiger partial charge in [-0.15, -0.1) is 0 Å². The number of carboxylic acid groups (broad SMARTS) is 1. The lowest BCUT2D eigenvalue weighted by Crippen LogP contribution is -2.54. The first kappa shape index (κ1) is 85.5. The van der Waals surface area contributed by atoms with Gasteiger partial charge in [0.1, 0.15) is 35.1 Å². The van der Waals surface area contributed by atoms with Gasteiger partial charge in [0.25, 0.3) is 35.4 Å². The second-order valence-corrected chi connectivity index (χ2v) is 27.4. The highest BCUT2D eigenvalue weighted by Crippen LogP contribution is 2.35. The summed E-state index contributed by atoms with van der Waals surface area (Å²) in [5, 5.41) is 21.5. The number of fused-ring (bicyclic) bond motifs is 3. The molecule has 3 aromatic carbocycles. The monoisotopic (exact) mass is 1480 g/mol. The van der Waals surface area contributed by atoms with Gasteiger partial charge in [-0.05, 0) is 142 Å². The number of imide groups is 6. The predicted octanol–water partition coefficient (Wildman–Crippen LogP) is 8.71. The number of alkyl halides is 3. The molecule has 9 rings (SSSR count). The van der Waals surface area contributed by atoms with Gasteiger partial charge in [0.05, 0.1) is 33.4 Å². The van der Waals surface area contributed by atoms with Gasteiger partial charge in [-0.2, -0.15) is 13.2 Å². The SMILES string of the molecule is CC(C)(C)OC(=O)CCCCCCCN.CC(C)(C)OC(=O)CCCCCCCNc1cccc2c1C(=O)N(C1CCC(=O)NC1=O)C2=O.O=C(O)CCCCCCCNc1cccc2c1C(=O)N(C1CCC(=O)NC1=O)C2=O.O=C1CCC(N2C(=O)c3cccc(F)c3C2=O)C(=O)N1.O=CC(F)(F)F. The van der Waals surface area contributed by atoms with Crippen molar-refractivity contribution in [3.05, 3.63) is 93.8 Å². The minimum Gasteiger partial charge on any atom is -0.481 e. The number of esters is 2. The second kappa shape index (κ2) is 40.2. The number of hydrogen-bond acceptors (Lipinski definition) is 21. The highest BCUT2D eigenvalue weighted by Gasteiger charge is 2.49. The molecule has 6 heterocycles. The number of nitrogens with one attached hydrogen (secondary N) is 5. The minimum absolute atomic E-state index is 0.0340. The molecule has 0 bridgehead atoms. The maximum absolute atomic E-state index is 13.7. The van der Waals surface area contributed by atoms with Crippen LogP contribution in [0, 0.1) is 5.82 Å². The fourth-order valence-electron chi connectivity index (χ4n) is 11.8. The average Bonchev–Trinajstić information content (AvgIpc) is 1.62. The summed E-state index contributed by atoms with van der Waals surface area (Å²) in [4.78, 5) is 191. The Hall–Kier alpha value is -10.1. The van der Waals surface area contributed by atoms with Crippen LogP contribution in [0.1, 0.15) is 258 Å². The third-order valence-corrected chi connectivity index (χ3v) is 16.7. The van der Waals surface area contributed by atoms with Crippen LogP contribution in [0.2, 0.25) is 0 Å². The van der Waals surface area contributed by atoms with E-state index in [0.29, 0.717) is 43.7 Å². The van der Waals surface area contributed by atoms with Crippen LogP contribution in [-0.2, 0) is 57.4 Å². The predicted molar refractivity (Wildman–Crippen MR) is 370 cm³/mol. The molecule has 3 atom stereocenters. The van der Waals surface area contributed by atoms with Crippen LogP contribution in [0.25, 0.3) is 0 Å². The van der Waals surface area contributed by atoms with Crippen molar-refractivity contribution in [1.29, 1.82) is 0 Å². The van der Waals surface area contributed by atoms with E-state index >= 15 is 0 Å². The molecule has 0 saturated carbocycles. The number of anilines is 2. The molecule has 572 valence electrons. The Balaban J connectivity index is 0.000000254. The molecule has 3 aromatic rings. The van der Waals surface area contributed by atoms with E-state index in [1.54, 1.807) is 36.4 Å². The van der Waals surface area contributed by atoms with Crippen LogP contribution in [0.3, 0.4) is 0 Å². The van der Waals surface area contributed by atoms with Gasteiger partial charge in [-0.1, -0.05) is 76.0 Å². The molecular formula is C73H93F4N9O19. The van der Waals surface area contributed by atoms with Crippen molar-refractivity contribution in [3.8, 4) is 0 Å². The summed E-state index contributed by atoms with van der Waals surface area (Å²) >= 11 is 0. The number of benzene rings is 3. The summed E-state index contributed by atoms with van der Waals surface area (Å²) in [5.74, 6) is -8.65. The van der Waals surface area contributed by atoms with Gasteiger partial charge < -0.3 is 30.9 Å². The largest absolute Gasteiger partial charge is 0.481 e. The lowest BCUT2D eigenvalue weighted by atomic mass is 10.0. The zero-order valence-electron chi connectivity index (χ0n) is 59.8. The number of rotatable bonds is 28. The molecule has 105 heavy (non-hydrogen) atoms. The zero-order chi connectivity index (χ0) is 77.9. The average molecular weight is 1480 g/mol. The molecule has 12 amide bonds. The van der Waals surface area contributed by atoms with E-state index in [-0.39, 0.29) is 95.9 Å². The number of piperidine rings is 3. The quantitative estimate of drug-likeness (QED) is 0.0117. The maximum atomic E-state index is 13.7. The molecule has 3 saturated heterocycles. The molecule has 0 spiro atoms. The van der Waals surface area contributed by atoms with E-state index in [9.17, 15) is 89.5 Å².